The summed E-state index contributed by atoms with van der Waals surface area (Å²) < 4.78 is 14.7. The highest BCUT2D eigenvalue weighted by Crippen LogP contribution is 2.33. The number of halogens is 2. The Balaban J connectivity index is 2.21. The molecule has 19 heavy (non-hydrogen) atoms. The van der Waals surface area contributed by atoms with Crippen LogP contribution in [-0.4, -0.2) is 11.3 Å². The van der Waals surface area contributed by atoms with Gasteiger partial charge in [0.2, 0.25) is 0 Å². The zero-order chi connectivity index (χ0) is 13.4. The number of hydrogen-bond acceptors (Lipinski definition) is 3. The second kappa shape index (κ2) is 4.72. The minimum absolute atomic E-state index is 0.335. The molecule has 2 nitrogen and oxygen atoms in total. The zero-order valence-electron chi connectivity index (χ0n) is 9.56. The third-order valence-corrected chi connectivity index (χ3v) is 3.99. The van der Waals surface area contributed by atoms with Crippen molar-refractivity contribution in [3.8, 4) is 10.6 Å². The molecule has 0 amide bonds. The molecule has 1 aromatic heterocycles. The summed E-state index contributed by atoms with van der Waals surface area (Å²) in [7, 11) is 0. The quantitative estimate of drug-likeness (QED) is 0.647. The van der Waals surface area contributed by atoms with Gasteiger partial charge in [-0.25, -0.2) is 9.37 Å². The molecule has 94 valence electrons. The first-order chi connectivity index (χ1) is 9.17. The smallest absolute Gasteiger partial charge is 0.150 e. The molecule has 0 unspecified atom stereocenters. The van der Waals surface area contributed by atoms with Gasteiger partial charge in [-0.2, -0.15) is 0 Å². The van der Waals surface area contributed by atoms with Crippen molar-refractivity contribution in [3.05, 3.63) is 52.8 Å². The molecule has 5 heteroatoms. The molecule has 0 radical (unpaired) electrons. The minimum atomic E-state index is -0.393. The Morgan fingerprint density at radius 3 is 2.84 bits per heavy atom. The lowest BCUT2D eigenvalue weighted by molar-refractivity contribution is 0.112. The second-order valence-electron chi connectivity index (χ2n) is 3.99. The molecule has 2 aromatic carbocycles. The van der Waals surface area contributed by atoms with Gasteiger partial charge in [-0.3, -0.25) is 4.79 Å². The van der Waals surface area contributed by atoms with E-state index in [4.69, 9.17) is 11.6 Å². The second-order valence-corrected chi connectivity index (χ2v) is 5.46. The molecule has 3 aromatic rings. The van der Waals surface area contributed by atoms with Crippen LogP contribution < -0.4 is 0 Å². The van der Waals surface area contributed by atoms with Crippen LogP contribution in [0.15, 0.2) is 36.4 Å². The fourth-order valence-corrected chi connectivity index (χ4v) is 3.05. The lowest BCUT2D eigenvalue weighted by atomic mass is 10.1. The lowest BCUT2D eigenvalue weighted by Crippen LogP contribution is -1.87. The molecule has 0 bridgehead atoms. The number of fused-ring (bicyclic) bond motifs is 1. The summed E-state index contributed by atoms with van der Waals surface area (Å²) in [6, 6.07) is 9.54. The third kappa shape index (κ3) is 2.25. The molecule has 0 N–H and O–H groups in total. The molecule has 1 heterocycles. The highest BCUT2D eigenvalue weighted by molar-refractivity contribution is 7.21. The van der Waals surface area contributed by atoms with Crippen LogP contribution in [0.3, 0.4) is 0 Å². The summed E-state index contributed by atoms with van der Waals surface area (Å²) in [6.07, 6.45) is 0.688. The summed E-state index contributed by atoms with van der Waals surface area (Å²) >= 11 is 7.26. The van der Waals surface area contributed by atoms with E-state index in [2.05, 4.69) is 4.98 Å². The van der Waals surface area contributed by atoms with Crippen molar-refractivity contribution < 1.29 is 9.18 Å². The zero-order valence-corrected chi connectivity index (χ0v) is 11.1. The van der Waals surface area contributed by atoms with Crippen molar-refractivity contribution >= 4 is 39.4 Å². The average molecular weight is 292 g/mol. The van der Waals surface area contributed by atoms with Gasteiger partial charge in [0, 0.05) is 16.1 Å². The SMILES string of the molecule is O=Cc1ccc(F)c(-c2nc3ccc(Cl)cc3s2)c1. The fraction of sp³-hybridized carbons (Fsp3) is 0. The van der Waals surface area contributed by atoms with Gasteiger partial charge >= 0.3 is 0 Å². The Hall–Kier alpha value is -1.78. The van der Waals surface area contributed by atoms with Gasteiger partial charge < -0.3 is 0 Å². The first-order valence-electron chi connectivity index (χ1n) is 5.48. The van der Waals surface area contributed by atoms with Crippen molar-refractivity contribution in [2.75, 3.05) is 0 Å². The number of carbonyl (C=O) groups is 1. The van der Waals surface area contributed by atoms with E-state index in [0.717, 1.165) is 10.2 Å². The highest BCUT2D eigenvalue weighted by atomic mass is 35.5. The third-order valence-electron chi connectivity index (χ3n) is 2.71. The average Bonchev–Trinajstić information content (AvgIpc) is 2.82. The van der Waals surface area contributed by atoms with E-state index in [1.807, 2.05) is 0 Å². The molecule has 0 fully saturated rings. The molecule has 0 aliphatic heterocycles. The van der Waals surface area contributed by atoms with Crippen LogP contribution in [0.4, 0.5) is 4.39 Å². The van der Waals surface area contributed by atoms with E-state index in [0.29, 0.717) is 27.4 Å². The predicted octanol–water partition coefficient (Wildman–Crippen LogP) is 4.57. The van der Waals surface area contributed by atoms with Crippen LogP contribution >= 0.6 is 22.9 Å². The first kappa shape index (κ1) is 12.3. The van der Waals surface area contributed by atoms with Gasteiger partial charge in [0.05, 0.1) is 10.2 Å². The Morgan fingerprint density at radius 1 is 1.21 bits per heavy atom. The molecule has 0 spiro atoms. The molecule has 0 saturated carbocycles. The van der Waals surface area contributed by atoms with Crippen molar-refractivity contribution in [2.24, 2.45) is 0 Å². The van der Waals surface area contributed by atoms with E-state index in [-0.39, 0.29) is 0 Å². The van der Waals surface area contributed by atoms with Gasteiger partial charge in [-0.05, 0) is 36.4 Å². The van der Waals surface area contributed by atoms with Crippen molar-refractivity contribution in [1.82, 2.24) is 4.98 Å². The Kier molecular flexibility index (Phi) is 3.05. The predicted molar refractivity (Wildman–Crippen MR) is 75.4 cm³/mol. The number of benzene rings is 2. The number of thiazole rings is 1. The topological polar surface area (TPSA) is 30.0 Å². The van der Waals surface area contributed by atoms with E-state index >= 15 is 0 Å². The summed E-state index contributed by atoms with van der Waals surface area (Å²) in [5.74, 6) is -0.393. The number of carbonyl (C=O) groups excluding carboxylic acids is 1. The summed E-state index contributed by atoms with van der Waals surface area (Å²) in [5, 5.41) is 1.16. The normalized spacial score (nSPS) is 10.8. The van der Waals surface area contributed by atoms with Crippen LogP contribution in [-0.2, 0) is 0 Å². The molecular formula is C14H7ClFNOS. The van der Waals surface area contributed by atoms with Crippen molar-refractivity contribution in [2.45, 2.75) is 0 Å². The monoisotopic (exact) mass is 291 g/mol. The summed E-state index contributed by atoms with van der Waals surface area (Å²) in [6.45, 7) is 0. The molecule has 3 rings (SSSR count). The van der Waals surface area contributed by atoms with E-state index in [9.17, 15) is 9.18 Å². The number of aldehydes is 1. The molecule has 0 atom stereocenters. The van der Waals surface area contributed by atoms with Crippen LogP contribution in [0.5, 0.6) is 0 Å². The van der Waals surface area contributed by atoms with Crippen molar-refractivity contribution in [1.29, 1.82) is 0 Å². The first-order valence-corrected chi connectivity index (χ1v) is 6.68. The standard InChI is InChI=1S/C14H7ClFNOS/c15-9-2-4-12-13(6-9)19-14(17-12)10-5-8(7-18)1-3-11(10)16/h1-7H. The highest BCUT2D eigenvalue weighted by Gasteiger charge is 2.11. The van der Waals surface area contributed by atoms with E-state index in [1.54, 1.807) is 18.2 Å². The largest absolute Gasteiger partial charge is 0.298 e. The van der Waals surface area contributed by atoms with Gasteiger partial charge in [-0.1, -0.05) is 11.6 Å². The molecular weight excluding hydrogens is 285 g/mol. The van der Waals surface area contributed by atoms with E-state index in [1.165, 1.54) is 29.5 Å². The maximum atomic E-state index is 13.8. The lowest BCUT2D eigenvalue weighted by Gasteiger charge is -1.99. The number of rotatable bonds is 2. The molecule has 0 aliphatic rings. The van der Waals surface area contributed by atoms with E-state index < -0.39 is 5.82 Å². The Bertz CT molecular complexity index is 784. The van der Waals surface area contributed by atoms with Crippen molar-refractivity contribution in [3.63, 3.8) is 0 Å². The number of hydrogen-bond donors (Lipinski definition) is 0. The minimum Gasteiger partial charge on any atom is -0.298 e. The number of nitrogens with zero attached hydrogens (tertiary/aromatic N) is 1. The van der Waals surface area contributed by atoms with Gasteiger partial charge in [-0.15, -0.1) is 11.3 Å². The number of aromatic nitrogens is 1. The maximum absolute atomic E-state index is 13.8. The summed E-state index contributed by atoms with van der Waals surface area (Å²) in [4.78, 5) is 15.1. The summed E-state index contributed by atoms with van der Waals surface area (Å²) in [5.41, 5.74) is 1.52. The Labute approximate surface area is 117 Å². The fourth-order valence-electron chi connectivity index (χ4n) is 1.79. The Morgan fingerprint density at radius 2 is 2.05 bits per heavy atom. The van der Waals surface area contributed by atoms with Gasteiger partial charge in [0.25, 0.3) is 0 Å². The maximum Gasteiger partial charge on any atom is 0.150 e. The van der Waals surface area contributed by atoms with Crippen LogP contribution in [0.2, 0.25) is 5.02 Å². The van der Waals surface area contributed by atoms with Crippen LogP contribution in [0.25, 0.3) is 20.8 Å². The van der Waals surface area contributed by atoms with Crippen LogP contribution in [0.1, 0.15) is 10.4 Å². The van der Waals surface area contributed by atoms with Gasteiger partial charge in [0.1, 0.15) is 17.1 Å². The van der Waals surface area contributed by atoms with Gasteiger partial charge in [0.15, 0.2) is 0 Å². The molecule has 0 aliphatic carbocycles. The van der Waals surface area contributed by atoms with Crippen LogP contribution in [0, 0.1) is 5.82 Å². The molecule has 0 saturated heterocycles.